The van der Waals surface area contributed by atoms with Crippen molar-refractivity contribution in [2.75, 3.05) is 13.2 Å². The van der Waals surface area contributed by atoms with Gasteiger partial charge in [0.15, 0.2) is 0 Å². The van der Waals surface area contributed by atoms with Crippen LogP contribution in [0, 0.1) is 23.7 Å². The topological polar surface area (TPSA) is 64.2 Å². The van der Waals surface area contributed by atoms with E-state index in [0.29, 0.717) is 16.1 Å². The number of nitriles is 1. The van der Waals surface area contributed by atoms with Gasteiger partial charge in [-0.2, -0.15) is 5.26 Å². The molecule has 0 saturated carbocycles. The quantitative estimate of drug-likeness (QED) is 0.241. The summed E-state index contributed by atoms with van der Waals surface area (Å²) in [5.74, 6) is 1.41. The molecule has 10 heteroatoms. The molecule has 146 valence electrons. The lowest BCUT2D eigenvalue weighted by atomic mass is 10.1. The molecule has 28 heavy (non-hydrogen) atoms. The van der Waals surface area contributed by atoms with Crippen molar-refractivity contribution in [2.24, 2.45) is 0 Å². The predicted molar refractivity (Wildman–Crippen MR) is 110 cm³/mol. The van der Waals surface area contributed by atoms with E-state index >= 15 is 0 Å². The molecule has 0 aliphatic heterocycles. The van der Waals surface area contributed by atoms with Crippen LogP contribution in [0.25, 0.3) is 11.1 Å². The molecule has 0 radical (unpaired) electrons. The van der Waals surface area contributed by atoms with Gasteiger partial charge in [0.25, 0.3) is 0 Å². The number of hydrogen-bond acceptors (Lipinski definition) is 4. The minimum Gasteiger partial charge on any atom is -0.435 e. The van der Waals surface area contributed by atoms with Crippen LogP contribution in [0.2, 0.25) is 10.0 Å². The summed E-state index contributed by atoms with van der Waals surface area (Å²) in [5, 5.41) is 10.0. The molecule has 0 aliphatic rings. The van der Waals surface area contributed by atoms with Crippen molar-refractivity contribution in [3.05, 3.63) is 46.2 Å². The second kappa shape index (κ2) is 9.76. The van der Waals surface area contributed by atoms with Gasteiger partial charge >= 0.3 is 5.97 Å². The summed E-state index contributed by atoms with van der Waals surface area (Å²) in [4.78, 5) is 12.0. The molecule has 0 N–H and O–H groups in total. The number of ether oxygens (including phenoxy) is 2. The van der Waals surface area contributed by atoms with E-state index in [-0.39, 0.29) is 17.2 Å². The number of aromatic nitrogens is 1. The number of rotatable bonds is 6. The summed E-state index contributed by atoms with van der Waals surface area (Å²) in [7, 11) is 0. The van der Waals surface area contributed by atoms with Crippen LogP contribution in [-0.4, -0.2) is 27.5 Å². The SMILES string of the molecule is C#CCOCC(=O)OC(n1cc(C#N)c(-c2cccc(Cl)c2Cl)c1)C(Cl)(Cl)Cl. The van der Waals surface area contributed by atoms with Crippen LogP contribution in [0.5, 0.6) is 0 Å². The summed E-state index contributed by atoms with van der Waals surface area (Å²) in [5.41, 5.74) is 1.13. The van der Waals surface area contributed by atoms with E-state index in [9.17, 15) is 10.1 Å². The Hall–Kier alpha value is -1.57. The predicted octanol–water partition coefficient (Wildman–Crippen LogP) is 5.40. The highest BCUT2D eigenvalue weighted by molar-refractivity contribution is 6.67. The third kappa shape index (κ3) is 5.49. The van der Waals surface area contributed by atoms with E-state index in [0.717, 1.165) is 0 Å². The van der Waals surface area contributed by atoms with Gasteiger partial charge in [-0.05, 0) is 6.07 Å². The number of alkyl halides is 3. The van der Waals surface area contributed by atoms with E-state index in [4.69, 9.17) is 73.9 Å². The highest BCUT2D eigenvalue weighted by atomic mass is 35.6. The third-order valence-electron chi connectivity index (χ3n) is 3.41. The van der Waals surface area contributed by atoms with Gasteiger partial charge in [-0.1, -0.05) is 76.1 Å². The third-order valence-corrected chi connectivity index (χ3v) is 4.79. The van der Waals surface area contributed by atoms with Crippen molar-refractivity contribution >= 4 is 64.0 Å². The zero-order valence-corrected chi connectivity index (χ0v) is 17.7. The van der Waals surface area contributed by atoms with Crippen molar-refractivity contribution < 1.29 is 14.3 Å². The molecular weight excluding hydrogens is 469 g/mol. The molecule has 2 rings (SSSR count). The smallest absolute Gasteiger partial charge is 0.334 e. The van der Waals surface area contributed by atoms with Gasteiger partial charge in [0.1, 0.15) is 19.3 Å². The fourth-order valence-electron chi connectivity index (χ4n) is 2.27. The molecule has 1 heterocycles. The number of terminal acetylenes is 1. The Labute approximate surface area is 186 Å². The van der Waals surface area contributed by atoms with Crippen molar-refractivity contribution in [2.45, 2.75) is 10.0 Å². The fourth-order valence-corrected chi connectivity index (χ4v) is 3.15. The molecule has 0 fully saturated rings. The average Bonchev–Trinajstić information content (AvgIpc) is 3.05. The summed E-state index contributed by atoms with van der Waals surface area (Å²) in [6.45, 7) is -0.506. The monoisotopic (exact) mass is 478 g/mol. The number of nitrogens with zero attached hydrogens (tertiary/aromatic N) is 2. The molecule has 0 saturated heterocycles. The van der Waals surface area contributed by atoms with Gasteiger partial charge in [-0.25, -0.2) is 4.79 Å². The Balaban J connectivity index is 2.42. The molecule has 1 atom stereocenters. The lowest BCUT2D eigenvalue weighted by Gasteiger charge is -2.25. The number of carbonyl (C=O) groups excluding carboxylic acids is 1. The van der Waals surface area contributed by atoms with E-state index in [1.54, 1.807) is 18.2 Å². The first-order chi connectivity index (χ1) is 13.2. The Morgan fingerprint density at radius 1 is 1.25 bits per heavy atom. The zero-order valence-electron chi connectivity index (χ0n) is 14.0. The summed E-state index contributed by atoms with van der Waals surface area (Å²) in [6.07, 6.45) is 6.51. The van der Waals surface area contributed by atoms with E-state index in [1.165, 1.54) is 17.0 Å². The molecule has 1 aromatic heterocycles. The highest BCUT2D eigenvalue weighted by Crippen LogP contribution is 2.42. The first kappa shape index (κ1) is 22.7. The van der Waals surface area contributed by atoms with Crippen LogP contribution in [0.1, 0.15) is 11.8 Å². The van der Waals surface area contributed by atoms with Gasteiger partial charge in [-0.3, -0.25) is 0 Å². The summed E-state index contributed by atoms with van der Waals surface area (Å²) in [6, 6.07) is 6.99. The zero-order chi connectivity index (χ0) is 20.9. The lowest BCUT2D eigenvalue weighted by molar-refractivity contribution is -0.158. The van der Waals surface area contributed by atoms with E-state index < -0.39 is 22.6 Å². The fraction of sp³-hybridized carbons (Fsp3) is 0.222. The number of esters is 1. The van der Waals surface area contributed by atoms with Gasteiger partial charge in [0, 0.05) is 23.5 Å². The van der Waals surface area contributed by atoms with Crippen LogP contribution in [0.3, 0.4) is 0 Å². The molecule has 0 aliphatic carbocycles. The van der Waals surface area contributed by atoms with Crippen LogP contribution in [0.15, 0.2) is 30.6 Å². The van der Waals surface area contributed by atoms with Gasteiger partial charge < -0.3 is 14.0 Å². The van der Waals surface area contributed by atoms with Crippen molar-refractivity contribution in [1.29, 1.82) is 5.26 Å². The van der Waals surface area contributed by atoms with Gasteiger partial charge in [0.2, 0.25) is 10.0 Å². The van der Waals surface area contributed by atoms with Crippen molar-refractivity contribution in [1.82, 2.24) is 4.57 Å². The van der Waals surface area contributed by atoms with Gasteiger partial charge in [-0.15, -0.1) is 6.42 Å². The van der Waals surface area contributed by atoms with E-state index in [1.807, 2.05) is 6.07 Å². The Morgan fingerprint density at radius 2 is 1.96 bits per heavy atom. The highest BCUT2D eigenvalue weighted by Gasteiger charge is 2.38. The molecule has 0 bridgehead atoms. The van der Waals surface area contributed by atoms with Crippen LogP contribution < -0.4 is 0 Å². The first-order valence-electron chi connectivity index (χ1n) is 7.52. The molecule has 0 spiro atoms. The Bertz CT molecular complexity index is 954. The maximum Gasteiger partial charge on any atom is 0.334 e. The first-order valence-corrected chi connectivity index (χ1v) is 9.41. The molecule has 1 unspecified atom stereocenters. The number of benzene rings is 1. The number of hydrogen-bond donors (Lipinski definition) is 0. The van der Waals surface area contributed by atoms with Crippen molar-refractivity contribution in [3.63, 3.8) is 0 Å². The van der Waals surface area contributed by atoms with Crippen LogP contribution in [0.4, 0.5) is 0 Å². The molecule has 1 aromatic carbocycles. The molecule has 0 amide bonds. The van der Waals surface area contributed by atoms with E-state index in [2.05, 4.69) is 5.92 Å². The standard InChI is InChI=1S/C18H11Cl5N2O3/c1-2-6-27-10-15(26)28-17(18(21,22)23)25-8-11(7-24)13(9-25)12-4-3-5-14(19)16(12)20/h1,3-5,8-9,17H,6,10H2. The lowest BCUT2D eigenvalue weighted by Crippen LogP contribution is -2.29. The maximum absolute atomic E-state index is 12.0. The minimum absolute atomic E-state index is 0.0763. The second-order valence-electron chi connectivity index (χ2n) is 5.33. The molecule has 5 nitrogen and oxygen atoms in total. The number of carbonyl (C=O) groups is 1. The average molecular weight is 481 g/mol. The minimum atomic E-state index is -2.04. The largest absolute Gasteiger partial charge is 0.435 e. The molecular formula is C18H11Cl5N2O3. The summed E-state index contributed by atoms with van der Waals surface area (Å²) < 4.78 is 9.38. The Kier molecular flexibility index (Phi) is 7.92. The number of halogens is 5. The second-order valence-corrected chi connectivity index (χ2v) is 8.48. The van der Waals surface area contributed by atoms with Crippen LogP contribution >= 0.6 is 58.0 Å². The normalized spacial score (nSPS) is 12.1. The van der Waals surface area contributed by atoms with Crippen LogP contribution in [-0.2, 0) is 14.3 Å². The summed E-state index contributed by atoms with van der Waals surface area (Å²) >= 11 is 30.2. The van der Waals surface area contributed by atoms with Gasteiger partial charge in [0.05, 0.1) is 15.6 Å². The molecule has 2 aromatic rings. The Morgan fingerprint density at radius 3 is 2.57 bits per heavy atom. The van der Waals surface area contributed by atoms with Crippen molar-refractivity contribution in [3.8, 4) is 29.5 Å². The maximum atomic E-state index is 12.0.